The van der Waals surface area contributed by atoms with Gasteiger partial charge in [-0.15, -0.1) is 0 Å². The van der Waals surface area contributed by atoms with Crippen LogP contribution in [0.3, 0.4) is 0 Å². The lowest BCUT2D eigenvalue weighted by Crippen LogP contribution is -1.78. The van der Waals surface area contributed by atoms with Gasteiger partial charge in [-0.05, 0) is 13.3 Å². The lowest BCUT2D eigenvalue weighted by Gasteiger charge is -1.88. The Balaban J connectivity index is 0.000000561. The third-order valence-electron chi connectivity index (χ3n) is 1.45. The van der Waals surface area contributed by atoms with Crippen LogP contribution in [0.5, 0.6) is 0 Å². The molecule has 0 atom stereocenters. The van der Waals surface area contributed by atoms with E-state index in [0.29, 0.717) is 0 Å². The van der Waals surface area contributed by atoms with Crippen LogP contribution in [0, 0.1) is 6.92 Å². The van der Waals surface area contributed by atoms with E-state index in [1.54, 1.807) is 0 Å². The molecule has 0 bridgehead atoms. The van der Waals surface area contributed by atoms with Gasteiger partial charge in [0.25, 0.3) is 0 Å². The third kappa shape index (κ3) is 4.16. The van der Waals surface area contributed by atoms with E-state index in [4.69, 9.17) is 4.52 Å². The van der Waals surface area contributed by atoms with Crippen molar-refractivity contribution < 1.29 is 4.52 Å². The molecule has 0 radical (unpaired) electrons. The van der Waals surface area contributed by atoms with Crippen LogP contribution in [0.15, 0.2) is 10.6 Å². The molecule has 0 aliphatic rings. The smallest absolute Gasteiger partial charge is 0.136 e. The number of hydrogen-bond acceptors (Lipinski definition) is 2. The van der Waals surface area contributed by atoms with Crippen LogP contribution in [-0.4, -0.2) is 5.16 Å². The minimum Gasteiger partial charge on any atom is -0.361 e. The zero-order valence-corrected chi connectivity index (χ0v) is 8.55. The molecule has 1 aromatic rings. The summed E-state index contributed by atoms with van der Waals surface area (Å²) in [6, 6.07) is 2.00. The van der Waals surface area contributed by atoms with Crippen molar-refractivity contribution in [2.24, 2.45) is 0 Å². The van der Waals surface area contributed by atoms with Gasteiger partial charge in [0.1, 0.15) is 5.76 Å². The highest BCUT2D eigenvalue weighted by atomic mass is 16.5. The first-order chi connectivity index (χ1) is 5.83. The minimum atomic E-state index is 0.978. The van der Waals surface area contributed by atoms with Crippen LogP contribution in [0.1, 0.15) is 45.1 Å². The molecule has 0 fully saturated rings. The molecule has 2 heteroatoms. The van der Waals surface area contributed by atoms with Crippen molar-refractivity contribution in [2.45, 2.75) is 47.0 Å². The fourth-order valence-corrected chi connectivity index (χ4v) is 0.885. The van der Waals surface area contributed by atoms with E-state index in [0.717, 1.165) is 17.9 Å². The second kappa shape index (κ2) is 6.89. The molecule has 12 heavy (non-hydrogen) atoms. The Bertz CT molecular complexity index is 193. The molecule has 70 valence electrons. The Morgan fingerprint density at radius 3 is 2.50 bits per heavy atom. The number of nitrogens with zero attached hydrogens (tertiary/aromatic N) is 1. The van der Waals surface area contributed by atoms with Crippen LogP contribution in [0.25, 0.3) is 0 Å². The Labute approximate surface area is 75.0 Å². The van der Waals surface area contributed by atoms with Gasteiger partial charge in [-0.3, -0.25) is 0 Å². The second-order valence-corrected chi connectivity index (χ2v) is 2.54. The number of hydrogen-bond donors (Lipinski definition) is 0. The minimum absolute atomic E-state index is 0.978. The molecule has 0 N–H and O–H groups in total. The van der Waals surface area contributed by atoms with Crippen molar-refractivity contribution in [3.05, 3.63) is 17.5 Å². The van der Waals surface area contributed by atoms with E-state index in [9.17, 15) is 0 Å². The first-order valence-corrected chi connectivity index (χ1v) is 4.75. The Hall–Kier alpha value is -0.790. The van der Waals surface area contributed by atoms with Gasteiger partial charge in [-0.1, -0.05) is 32.3 Å². The molecular weight excluding hydrogens is 150 g/mol. The highest BCUT2D eigenvalue weighted by molar-refractivity contribution is 5.02. The van der Waals surface area contributed by atoms with Crippen molar-refractivity contribution in [1.82, 2.24) is 5.16 Å². The SMILES string of the molecule is CC.CCCCc1cc(C)no1. The fourth-order valence-electron chi connectivity index (χ4n) is 0.885. The van der Waals surface area contributed by atoms with Gasteiger partial charge >= 0.3 is 0 Å². The van der Waals surface area contributed by atoms with E-state index < -0.39 is 0 Å². The average molecular weight is 169 g/mol. The predicted octanol–water partition coefficient (Wildman–Crippen LogP) is 3.35. The maximum absolute atomic E-state index is 5.02. The molecule has 0 aliphatic carbocycles. The van der Waals surface area contributed by atoms with E-state index >= 15 is 0 Å². The summed E-state index contributed by atoms with van der Waals surface area (Å²) in [4.78, 5) is 0. The summed E-state index contributed by atoms with van der Waals surface area (Å²) in [6.07, 6.45) is 3.42. The summed E-state index contributed by atoms with van der Waals surface area (Å²) >= 11 is 0. The van der Waals surface area contributed by atoms with Gasteiger partial charge in [-0.25, -0.2) is 0 Å². The highest BCUT2D eigenvalue weighted by Gasteiger charge is 1.97. The summed E-state index contributed by atoms with van der Waals surface area (Å²) in [5.74, 6) is 1.01. The maximum atomic E-state index is 5.02. The average Bonchev–Trinajstić information content (AvgIpc) is 2.51. The second-order valence-electron chi connectivity index (χ2n) is 2.54. The molecule has 0 aromatic carbocycles. The number of aryl methyl sites for hydroxylation is 2. The van der Waals surface area contributed by atoms with E-state index in [1.165, 1.54) is 12.8 Å². The van der Waals surface area contributed by atoms with Crippen molar-refractivity contribution in [1.29, 1.82) is 0 Å². The molecule has 0 aliphatic heterocycles. The molecule has 1 rings (SSSR count). The van der Waals surface area contributed by atoms with E-state index in [1.807, 2.05) is 26.8 Å². The van der Waals surface area contributed by atoms with Gasteiger partial charge < -0.3 is 4.52 Å². The van der Waals surface area contributed by atoms with Gasteiger partial charge in [0.15, 0.2) is 0 Å². The largest absolute Gasteiger partial charge is 0.361 e. The Morgan fingerprint density at radius 1 is 1.42 bits per heavy atom. The standard InChI is InChI=1S/C8H13NO.C2H6/c1-3-4-5-8-6-7(2)9-10-8;1-2/h6H,3-5H2,1-2H3;1-2H3. The zero-order chi connectivity index (χ0) is 9.40. The monoisotopic (exact) mass is 169 g/mol. The maximum Gasteiger partial charge on any atom is 0.136 e. The van der Waals surface area contributed by atoms with Gasteiger partial charge in [0.2, 0.25) is 0 Å². The topological polar surface area (TPSA) is 26.0 Å². The van der Waals surface area contributed by atoms with Crippen LogP contribution >= 0.6 is 0 Å². The summed E-state index contributed by atoms with van der Waals surface area (Å²) in [7, 11) is 0. The predicted molar refractivity (Wildman–Crippen MR) is 51.2 cm³/mol. The highest BCUT2D eigenvalue weighted by Crippen LogP contribution is 2.05. The Kier molecular flexibility index (Phi) is 6.44. The van der Waals surface area contributed by atoms with Crippen molar-refractivity contribution >= 4 is 0 Å². The molecular formula is C10H19NO. The number of unbranched alkanes of at least 4 members (excludes halogenated alkanes) is 1. The molecule has 0 saturated carbocycles. The summed E-state index contributed by atoms with van der Waals surface area (Å²) < 4.78 is 5.02. The number of rotatable bonds is 3. The van der Waals surface area contributed by atoms with Crippen molar-refractivity contribution in [3.63, 3.8) is 0 Å². The lowest BCUT2D eigenvalue weighted by molar-refractivity contribution is 0.376. The summed E-state index contributed by atoms with van der Waals surface area (Å²) in [6.45, 7) is 8.11. The molecule has 0 amide bonds. The van der Waals surface area contributed by atoms with Crippen LogP contribution in [0.4, 0.5) is 0 Å². The van der Waals surface area contributed by atoms with E-state index in [-0.39, 0.29) is 0 Å². The summed E-state index contributed by atoms with van der Waals surface area (Å²) in [5.41, 5.74) is 0.978. The third-order valence-corrected chi connectivity index (χ3v) is 1.45. The van der Waals surface area contributed by atoms with Crippen molar-refractivity contribution in [3.8, 4) is 0 Å². The molecule has 0 unspecified atom stereocenters. The van der Waals surface area contributed by atoms with Crippen LogP contribution < -0.4 is 0 Å². The first-order valence-electron chi connectivity index (χ1n) is 4.75. The normalized spacial score (nSPS) is 9.00. The molecule has 2 nitrogen and oxygen atoms in total. The zero-order valence-electron chi connectivity index (χ0n) is 8.55. The van der Waals surface area contributed by atoms with Gasteiger partial charge in [-0.2, -0.15) is 0 Å². The van der Waals surface area contributed by atoms with Crippen LogP contribution in [-0.2, 0) is 6.42 Å². The molecule has 0 spiro atoms. The summed E-state index contributed by atoms with van der Waals surface area (Å²) in [5, 5.41) is 3.79. The number of aromatic nitrogens is 1. The first kappa shape index (κ1) is 11.2. The van der Waals surface area contributed by atoms with Crippen LogP contribution in [0.2, 0.25) is 0 Å². The van der Waals surface area contributed by atoms with E-state index in [2.05, 4.69) is 12.1 Å². The van der Waals surface area contributed by atoms with Crippen molar-refractivity contribution in [2.75, 3.05) is 0 Å². The molecule has 1 aromatic heterocycles. The molecule has 0 saturated heterocycles. The lowest BCUT2D eigenvalue weighted by atomic mass is 10.2. The van der Waals surface area contributed by atoms with Gasteiger partial charge in [0, 0.05) is 12.5 Å². The molecule has 1 heterocycles. The quantitative estimate of drug-likeness (QED) is 0.693. The fraction of sp³-hybridized carbons (Fsp3) is 0.700. The van der Waals surface area contributed by atoms with Gasteiger partial charge in [0.05, 0.1) is 5.69 Å². The Morgan fingerprint density at radius 2 is 2.08 bits per heavy atom.